The van der Waals surface area contributed by atoms with Gasteiger partial charge in [-0.2, -0.15) is 0 Å². The molecule has 0 aromatic heterocycles. The zero-order valence-electron chi connectivity index (χ0n) is 12.2. The Morgan fingerprint density at radius 3 is 2.19 bits per heavy atom. The Bertz CT molecular complexity index is 597. The normalized spacial score (nSPS) is 11.0. The van der Waals surface area contributed by atoms with Gasteiger partial charge in [-0.1, -0.05) is 36.4 Å². The average Bonchev–Trinajstić information content (AvgIpc) is 2.88. The van der Waals surface area contributed by atoms with Crippen LogP contribution in [0.4, 0.5) is 5.69 Å². The van der Waals surface area contributed by atoms with Gasteiger partial charge in [0.25, 0.3) is 0 Å². The molecule has 1 aliphatic carbocycles. The maximum absolute atomic E-state index is 4.93. The number of anilines is 1. The van der Waals surface area contributed by atoms with E-state index in [0.717, 1.165) is 13.1 Å². The van der Waals surface area contributed by atoms with Crippen LogP contribution in [0, 0.1) is 6.42 Å². The van der Waals surface area contributed by atoms with Crippen LogP contribution in [0.3, 0.4) is 0 Å². The minimum absolute atomic E-state index is 0.826. The minimum atomic E-state index is -0.826. The zero-order chi connectivity index (χ0) is 15.2. The van der Waals surface area contributed by atoms with Crippen LogP contribution in [0.1, 0.15) is 25.0 Å². The second-order valence-corrected chi connectivity index (χ2v) is 8.45. The summed E-state index contributed by atoms with van der Waals surface area (Å²) in [6.07, 6.45) is 2.29. The molecule has 0 spiro atoms. The van der Waals surface area contributed by atoms with E-state index in [1.807, 2.05) is 0 Å². The summed E-state index contributed by atoms with van der Waals surface area (Å²) >= 11 is -0.826. The van der Waals surface area contributed by atoms with E-state index < -0.39 is 20.8 Å². The average molecular weight is 398 g/mol. The van der Waals surface area contributed by atoms with Gasteiger partial charge in [0.1, 0.15) is 0 Å². The molecule has 21 heavy (non-hydrogen) atoms. The molecule has 0 aliphatic heterocycles. The second kappa shape index (κ2) is 8.37. The van der Waals surface area contributed by atoms with Crippen molar-refractivity contribution < 1.29 is 20.8 Å². The van der Waals surface area contributed by atoms with Gasteiger partial charge < -0.3 is 4.90 Å². The van der Waals surface area contributed by atoms with E-state index in [4.69, 9.17) is 17.0 Å². The second-order valence-electron chi connectivity index (χ2n) is 4.72. The molecule has 2 aromatic carbocycles. The molecule has 1 aliphatic rings. The predicted molar refractivity (Wildman–Crippen MR) is 89.6 cm³/mol. The first kappa shape index (κ1) is 17.1. The van der Waals surface area contributed by atoms with Crippen LogP contribution in [-0.2, 0) is 20.8 Å². The van der Waals surface area contributed by atoms with Crippen molar-refractivity contribution in [2.45, 2.75) is 13.8 Å². The van der Waals surface area contributed by atoms with Crippen LogP contribution in [0.5, 0.6) is 0 Å². The summed E-state index contributed by atoms with van der Waals surface area (Å²) in [6.45, 7) is 6.53. The van der Waals surface area contributed by atoms with Crippen molar-refractivity contribution in [3.05, 3.63) is 60.0 Å². The summed E-state index contributed by atoms with van der Waals surface area (Å²) in [5, 5.41) is 0. The molecule has 0 heterocycles. The Morgan fingerprint density at radius 2 is 1.52 bits per heavy atom. The molecule has 0 fully saturated rings. The van der Waals surface area contributed by atoms with E-state index in [1.54, 1.807) is 0 Å². The molecule has 0 atom stereocenters. The van der Waals surface area contributed by atoms with Crippen molar-refractivity contribution in [1.29, 1.82) is 0 Å². The standard InChI is InChI=1S/C17H18N.2ClH.Zr/c1-3-18(4-2)16-11-7-9-14-12-13-8-5-6-10-15(13)17(14)16;;;/h5-12H,3-4H2,1-2H3;2*1H;/q;;;+2/p-2. The van der Waals surface area contributed by atoms with E-state index in [-0.39, 0.29) is 0 Å². The Kier molecular flexibility index (Phi) is 6.80. The number of hydrogen-bond acceptors (Lipinski definition) is 1. The van der Waals surface area contributed by atoms with Crippen LogP contribution in [0.2, 0.25) is 0 Å². The summed E-state index contributed by atoms with van der Waals surface area (Å²) in [5.74, 6) is 0. The monoisotopic (exact) mass is 396 g/mol. The topological polar surface area (TPSA) is 3.24 Å². The van der Waals surface area contributed by atoms with Crippen molar-refractivity contribution in [3.8, 4) is 11.1 Å². The van der Waals surface area contributed by atoms with Gasteiger partial charge in [0, 0.05) is 30.8 Å². The van der Waals surface area contributed by atoms with Crippen LogP contribution in [-0.4, -0.2) is 13.1 Å². The molecule has 0 bridgehead atoms. The van der Waals surface area contributed by atoms with Gasteiger partial charge in [-0.15, -0.1) is 0 Å². The van der Waals surface area contributed by atoms with E-state index in [2.05, 4.69) is 67.6 Å². The first-order valence-corrected chi connectivity index (χ1v) is 13.4. The van der Waals surface area contributed by atoms with Crippen LogP contribution in [0.15, 0.2) is 42.5 Å². The van der Waals surface area contributed by atoms with Gasteiger partial charge >= 0.3 is 37.9 Å². The number of halogens is 2. The van der Waals surface area contributed by atoms with Crippen molar-refractivity contribution in [2.24, 2.45) is 0 Å². The van der Waals surface area contributed by atoms with Gasteiger partial charge in [0.2, 0.25) is 0 Å². The summed E-state index contributed by atoms with van der Waals surface area (Å²) in [4.78, 5) is 2.43. The summed E-state index contributed by atoms with van der Waals surface area (Å²) < 4.78 is 0. The summed E-state index contributed by atoms with van der Waals surface area (Å²) in [6, 6.07) is 15.3. The number of hydrogen-bond donors (Lipinski definition) is 0. The third-order valence-electron chi connectivity index (χ3n) is 3.72. The first-order chi connectivity index (χ1) is 10.3. The first-order valence-electron chi connectivity index (χ1n) is 7.05. The number of benzene rings is 2. The molecule has 1 radical (unpaired) electrons. The van der Waals surface area contributed by atoms with Crippen molar-refractivity contribution in [2.75, 3.05) is 18.0 Å². The van der Waals surface area contributed by atoms with Crippen molar-refractivity contribution in [3.63, 3.8) is 0 Å². The molecular formula is C17H18Cl2NZr. The molecule has 1 nitrogen and oxygen atoms in total. The fourth-order valence-electron chi connectivity index (χ4n) is 2.82. The molecule has 3 rings (SSSR count). The van der Waals surface area contributed by atoms with Gasteiger partial charge in [-0.3, -0.25) is 0 Å². The Hall–Kier alpha value is -0.297. The van der Waals surface area contributed by atoms with E-state index in [9.17, 15) is 0 Å². The molecule has 0 saturated carbocycles. The van der Waals surface area contributed by atoms with Gasteiger partial charge in [0.05, 0.1) is 0 Å². The third-order valence-corrected chi connectivity index (χ3v) is 3.72. The number of nitrogens with zero attached hydrogens (tertiary/aromatic N) is 1. The molecule has 0 saturated heterocycles. The Labute approximate surface area is 145 Å². The summed E-state index contributed by atoms with van der Waals surface area (Å²) in [7, 11) is 9.87. The number of fused-ring (bicyclic) bond motifs is 3. The SMILES string of the molecule is CCN(CC)c1cccc2c1-c1ccccc1[CH]2.[Cl][Zr][Cl]. The Morgan fingerprint density at radius 1 is 0.905 bits per heavy atom. The summed E-state index contributed by atoms with van der Waals surface area (Å²) in [5.41, 5.74) is 6.82. The molecule has 4 heteroatoms. The molecule has 0 amide bonds. The van der Waals surface area contributed by atoms with Gasteiger partial charge in [-0.05, 0) is 36.6 Å². The number of rotatable bonds is 3. The van der Waals surface area contributed by atoms with Crippen LogP contribution in [0.25, 0.3) is 11.1 Å². The van der Waals surface area contributed by atoms with E-state index >= 15 is 0 Å². The fraction of sp³-hybridized carbons (Fsp3) is 0.235. The molecule has 2 aromatic rings. The van der Waals surface area contributed by atoms with Crippen LogP contribution >= 0.6 is 17.0 Å². The van der Waals surface area contributed by atoms with Crippen LogP contribution < -0.4 is 4.90 Å². The van der Waals surface area contributed by atoms with Gasteiger partial charge in [-0.25, -0.2) is 0 Å². The molecule has 0 N–H and O–H groups in total. The maximum atomic E-state index is 4.93. The van der Waals surface area contributed by atoms with Crippen molar-refractivity contribution in [1.82, 2.24) is 0 Å². The quantitative estimate of drug-likeness (QED) is 0.564. The predicted octanol–water partition coefficient (Wildman–Crippen LogP) is 5.49. The molecule has 0 unspecified atom stereocenters. The molecular weight excluding hydrogens is 380 g/mol. The van der Waals surface area contributed by atoms with E-state index in [0.29, 0.717) is 0 Å². The van der Waals surface area contributed by atoms with Crippen molar-refractivity contribution >= 4 is 22.7 Å². The molecule has 109 valence electrons. The fourth-order valence-corrected chi connectivity index (χ4v) is 2.82. The van der Waals surface area contributed by atoms with E-state index in [1.165, 1.54) is 27.9 Å². The zero-order valence-corrected chi connectivity index (χ0v) is 16.2. The third kappa shape index (κ3) is 3.73. The Balaban J connectivity index is 0.000000497. The van der Waals surface area contributed by atoms with Gasteiger partial charge in [0.15, 0.2) is 0 Å².